The lowest BCUT2D eigenvalue weighted by Gasteiger charge is -2.47. The number of ether oxygens (including phenoxy) is 5. The minimum atomic E-state index is -2.51. The highest BCUT2D eigenvalue weighted by Gasteiger charge is 2.56. The largest absolute Gasteiger partial charge is 0.456 e. The number of fused-ring (bicyclic) bond motifs is 3. The van der Waals surface area contributed by atoms with Gasteiger partial charge >= 0.3 is 5.97 Å². The normalized spacial score (nSPS) is 40.9. The van der Waals surface area contributed by atoms with Gasteiger partial charge in [0.25, 0.3) is 11.7 Å². The Balaban J connectivity index is 1.81. The summed E-state index contributed by atoms with van der Waals surface area (Å²) in [6.07, 6.45) is 7.83. The number of esters is 1. The molecule has 0 aromatic rings. The summed E-state index contributed by atoms with van der Waals surface area (Å²) in [5.41, 5.74) is 2.07. The summed E-state index contributed by atoms with van der Waals surface area (Å²) in [6.45, 7) is 11.3. The maximum atomic E-state index is 14.4. The van der Waals surface area contributed by atoms with Crippen LogP contribution in [0.4, 0.5) is 0 Å². The molecule has 334 valence electrons. The van der Waals surface area contributed by atoms with Crippen molar-refractivity contribution in [2.24, 2.45) is 34.7 Å². The predicted octanol–water partition coefficient (Wildman–Crippen LogP) is 5.29. The van der Waals surface area contributed by atoms with E-state index in [1.54, 1.807) is 21.0 Å². The maximum Gasteiger partial charge on any atom is 0.329 e. The minimum Gasteiger partial charge on any atom is -0.456 e. The van der Waals surface area contributed by atoms with Crippen LogP contribution in [0.15, 0.2) is 40.6 Å². The third kappa shape index (κ3) is 11.9. The number of amides is 1. The average Bonchev–Trinajstić information content (AvgIpc) is 3.22. The van der Waals surface area contributed by atoms with Gasteiger partial charge in [0, 0.05) is 52.0 Å². The van der Waals surface area contributed by atoms with E-state index in [0.717, 1.165) is 5.57 Å². The minimum absolute atomic E-state index is 0.00494. The molecule has 4 aliphatic rings. The van der Waals surface area contributed by atoms with Gasteiger partial charge in [-0.15, -0.1) is 0 Å². The van der Waals surface area contributed by atoms with Crippen molar-refractivity contribution in [1.29, 1.82) is 0 Å². The monoisotopic (exact) mass is 833 g/mol. The number of ketones is 1. The highest BCUT2D eigenvalue weighted by atomic mass is 16.7. The van der Waals surface area contributed by atoms with E-state index >= 15 is 0 Å². The Bertz CT molecular complexity index is 1550. The molecule has 1 aliphatic carbocycles. The molecule has 14 atom stereocenters. The van der Waals surface area contributed by atoms with Crippen LogP contribution in [-0.4, -0.2) is 131 Å². The van der Waals surface area contributed by atoms with Gasteiger partial charge in [0.2, 0.25) is 5.79 Å². The van der Waals surface area contributed by atoms with E-state index in [-0.39, 0.29) is 49.7 Å². The van der Waals surface area contributed by atoms with Gasteiger partial charge in [0.1, 0.15) is 18.2 Å². The van der Waals surface area contributed by atoms with E-state index in [0.29, 0.717) is 62.7 Å². The molecule has 0 spiro atoms. The predicted molar refractivity (Wildman–Crippen MR) is 221 cm³/mol. The van der Waals surface area contributed by atoms with Crippen molar-refractivity contribution < 1.29 is 58.6 Å². The summed E-state index contributed by atoms with van der Waals surface area (Å²) in [7, 11) is 4.64. The van der Waals surface area contributed by atoms with Crippen molar-refractivity contribution in [3.05, 3.63) is 35.5 Å². The number of hydrogen-bond donors (Lipinski definition) is 4. The number of aliphatic hydroxyl groups is 3. The number of methoxy groups -OCH3 is 3. The van der Waals surface area contributed by atoms with Crippen molar-refractivity contribution in [1.82, 2.24) is 4.90 Å². The maximum absolute atomic E-state index is 14.4. The molecule has 3 heterocycles. The van der Waals surface area contributed by atoms with Gasteiger partial charge in [-0.05, 0) is 102 Å². The number of oxime groups is 1. The number of nitrogens with zero attached hydrogens (tertiary/aromatic N) is 2. The zero-order valence-corrected chi connectivity index (χ0v) is 36.7. The Labute approximate surface area is 351 Å². The average molecular weight is 833 g/mol. The van der Waals surface area contributed by atoms with Crippen LogP contribution >= 0.6 is 0 Å². The first-order chi connectivity index (χ1) is 28.0. The fourth-order valence-corrected chi connectivity index (χ4v) is 9.66. The second-order valence-electron chi connectivity index (χ2n) is 17.7. The molecule has 2 bridgehead atoms. The lowest BCUT2D eigenvalue weighted by molar-refractivity contribution is -0.302. The first kappa shape index (κ1) is 48.7. The molecule has 4 N–H and O–H groups in total. The third-order valence-electron chi connectivity index (χ3n) is 13.2. The van der Waals surface area contributed by atoms with Crippen molar-refractivity contribution in [3.8, 4) is 0 Å². The Morgan fingerprint density at radius 3 is 2.27 bits per heavy atom. The number of rotatable bonds is 7. The summed E-state index contributed by atoms with van der Waals surface area (Å²) >= 11 is 0. The number of cyclic esters (lactones) is 1. The van der Waals surface area contributed by atoms with E-state index < -0.39 is 77.9 Å². The molecular weight excluding hydrogens is 760 g/mol. The summed E-state index contributed by atoms with van der Waals surface area (Å²) in [5.74, 6) is -7.31. The van der Waals surface area contributed by atoms with Gasteiger partial charge < -0.3 is 49.1 Å². The molecule has 4 rings (SSSR count). The Morgan fingerprint density at radius 1 is 0.949 bits per heavy atom. The van der Waals surface area contributed by atoms with Gasteiger partial charge in [-0.25, -0.2) is 4.79 Å². The second kappa shape index (κ2) is 22.2. The molecule has 0 aromatic carbocycles. The van der Waals surface area contributed by atoms with Crippen LogP contribution in [0.25, 0.3) is 0 Å². The van der Waals surface area contributed by atoms with Crippen molar-refractivity contribution in [2.75, 3.05) is 27.9 Å². The van der Waals surface area contributed by atoms with Crippen LogP contribution in [0.5, 0.6) is 0 Å². The molecule has 2 saturated heterocycles. The third-order valence-corrected chi connectivity index (χ3v) is 13.2. The quantitative estimate of drug-likeness (QED) is 0.0853. The smallest absolute Gasteiger partial charge is 0.329 e. The van der Waals surface area contributed by atoms with Crippen LogP contribution < -0.4 is 0 Å². The van der Waals surface area contributed by atoms with Crippen LogP contribution in [0, 0.1) is 29.6 Å². The highest BCUT2D eigenvalue weighted by molar-refractivity contribution is 6.39. The van der Waals surface area contributed by atoms with Crippen molar-refractivity contribution in [3.63, 3.8) is 0 Å². The number of hydrogen-bond acceptors (Lipinski definition) is 13. The molecular formula is C45H72N2O12. The SMILES string of the molecule is C/C=C/C[C@@H]1/C=C(\C)C[C@H](C)C[C@H](OC)[C@H]2O[C@@](O)(C(=O)C(=O)N3CCCC[C@H]3C(=O)O[C@H](/C(C)=C/[C@@H]3CC[C@@H](O)[C@H](OC)C3)[C@H](C)[C@@H](O)C/C1=N/O)[C@H](C)C[C@@H]2OC. The van der Waals surface area contributed by atoms with E-state index in [2.05, 4.69) is 18.2 Å². The van der Waals surface area contributed by atoms with Gasteiger partial charge in [-0.1, -0.05) is 55.8 Å². The lowest BCUT2D eigenvalue weighted by atomic mass is 9.81. The van der Waals surface area contributed by atoms with Crippen molar-refractivity contribution >= 4 is 23.4 Å². The van der Waals surface area contributed by atoms with Gasteiger partial charge in [0.15, 0.2) is 0 Å². The Hall–Kier alpha value is -2.98. The van der Waals surface area contributed by atoms with Gasteiger partial charge in [0.05, 0.1) is 36.2 Å². The van der Waals surface area contributed by atoms with Crippen LogP contribution in [0.2, 0.25) is 0 Å². The molecule has 1 amide bonds. The number of carbonyl (C=O) groups excluding carboxylic acids is 3. The van der Waals surface area contributed by atoms with Gasteiger partial charge in [-0.3, -0.25) is 9.59 Å². The zero-order chi connectivity index (χ0) is 43.6. The Morgan fingerprint density at radius 2 is 1.63 bits per heavy atom. The molecule has 59 heavy (non-hydrogen) atoms. The molecule has 0 unspecified atom stereocenters. The fourth-order valence-electron chi connectivity index (χ4n) is 9.66. The Kier molecular flexibility index (Phi) is 18.3. The molecule has 3 fully saturated rings. The van der Waals surface area contributed by atoms with Crippen LogP contribution in [0.1, 0.15) is 112 Å². The number of Topliss-reactive ketones (excluding diaryl/α,β-unsaturated/α-hetero) is 1. The number of piperidine rings is 1. The summed E-state index contributed by atoms with van der Waals surface area (Å²) in [5, 5.41) is 48.6. The molecule has 14 heteroatoms. The molecule has 3 aliphatic heterocycles. The van der Waals surface area contributed by atoms with E-state index in [1.165, 1.54) is 19.1 Å². The van der Waals surface area contributed by atoms with Crippen LogP contribution in [-0.2, 0) is 38.1 Å². The van der Waals surface area contributed by atoms with Crippen LogP contribution in [0.3, 0.4) is 0 Å². The summed E-state index contributed by atoms with van der Waals surface area (Å²) in [4.78, 5) is 44.1. The molecule has 0 aromatic heterocycles. The highest BCUT2D eigenvalue weighted by Crippen LogP contribution is 2.39. The van der Waals surface area contributed by atoms with Crippen molar-refractivity contribution in [2.45, 2.75) is 167 Å². The summed E-state index contributed by atoms with van der Waals surface area (Å²) < 4.78 is 29.9. The number of allylic oxidation sites excluding steroid dienone is 5. The van der Waals surface area contributed by atoms with E-state index in [4.69, 9.17) is 23.7 Å². The molecule has 0 radical (unpaired) electrons. The first-order valence-corrected chi connectivity index (χ1v) is 21.6. The van der Waals surface area contributed by atoms with Gasteiger partial charge in [-0.2, -0.15) is 0 Å². The standard InChI is InChI=1S/C45H72N2O12/c1-10-11-14-32-20-26(2)19-27(3)21-38(56-8)41-39(57-9)23-29(5)45(53,59-41)42(50)43(51)47-18-13-12-15-34(47)44(52)58-40(30(6)36(49)25-33(32)46-54)28(4)22-31-16-17-35(48)37(24-31)55-7/h10-11,20,22,27,29-32,34-41,48-49,53-54H,12-19,21,23-25H2,1-9H3/b11-10+,26-20+,28-22+,46-33-/t27-,29+,30+,31-,32+,34-,35+,36-,37+,38-,39-,40+,41+,45+/m0/s1. The first-order valence-electron chi connectivity index (χ1n) is 21.6. The molecule has 14 nitrogen and oxygen atoms in total. The van der Waals surface area contributed by atoms with E-state index in [9.17, 15) is 34.9 Å². The second-order valence-corrected chi connectivity index (χ2v) is 17.7. The lowest BCUT2D eigenvalue weighted by Crippen LogP contribution is -2.64. The number of carbonyl (C=O) groups is 3. The number of aliphatic hydroxyl groups excluding tert-OH is 2. The summed E-state index contributed by atoms with van der Waals surface area (Å²) in [6, 6.07) is -1.14. The fraction of sp³-hybridized carbons (Fsp3) is 0.778. The molecule has 1 saturated carbocycles. The topological polar surface area (TPSA) is 194 Å². The van der Waals surface area contributed by atoms with E-state index in [1.807, 2.05) is 39.0 Å². The zero-order valence-electron chi connectivity index (χ0n) is 36.7.